The number of aryl methyl sites for hydroxylation is 1. The molecule has 0 unspecified atom stereocenters. The molecule has 0 amide bonds. The van der Waals surface area contributed by atoms with Crippen LogP contribution in [0.15, 0.2) is 76.6 Å². The predicted molar refractivity (Wildman–Crippen MR) is 111 cm³/mol. The molecule has 0 aliphatic carbocycles. The Bertz CT molecular complexity index is 1110. The van der Waals surface area contributed by atoms with Crippen LogP contribution < -0.4 is 8.92 Å². The molecular formula is C21H18ClNO4S. The summed E-state index contributed by atoms with van der Waals surface area (Å²) in [4.78, 5) is 4.51. The van der Waals surface area contributed by atoms with Crippen LogP contribution >= 0.6 is 11.6 Å². The van der Waals surface area contributed by atoms with Crippen LogP contribution in [-0.2, 0) is 10.1 Å². The van der Waals surface area contributed by atoms with Crippen molar-refractivity contribution >= 4 is 33.6 Å². The second-order valence-electron chi connectivity index (χ2n) is 5.95. The second-order valence-corrected chi connectivity index (χ2v) is 7.93. The van der Waals surface area contributed by atoms with E-state index in [9.17, 15) is 8.42 Å². The van der Waals surface area contributed by atoms with Crippen molar-refractivity contribution in [2.75, 3.05) is 7.11 Å². The fraction of sp³-hybridized carbons (Fsp3) is 0.0952. The van der Waals surface area contributed by atoms with E-state index >= 15 is 0 Å². The Morgan fingerprint density at radius 1 is 0.964 bits per heavy atom. The van der Waals surface area contributed by atoms with Gasteiger partial charge in [0.1, 0.15) is 4.90 Å². The van der Waals surface area contributed by atoms with Crippen molar-refractivity contribution in [3.8, 4) is 11.5 Å². The topological polar surface area (TPSA) is 65.0 Å². The highest BCUT2D eigenvalue weighted by molar-refractivity contribution is 7.87. The van der Waals surface area contributed by atoms with Crippen molar-refractivity contribution < 1.29 is 17.3 Å². The summed E-state index contributed by atoms with van der Waals surface area (Å²) in [7, 11) is -2.51. The van der Waals surface area contributed by atoms with Crippen molar-refractivity contribution in [1.82, 2.24) is 0 Å². The van der Waals surface area contributed by atoms with Crippen molar-refractivity contribution in [3.05, 3.63) is 82.9 Å². The SMILES string of the molecule is COc1cc(C=Nc2cc(Cl)ccc2C)ccc1OS(=O)(=O)c1ccccc1. The Labute approximate surface area is 169 Å². The van der Waals surface area contributed by atoms with E-state index in [0.717, 1.165) is 16.8 Å². The maximum absolute atomic E-state index is 12.4. The molecule has 0 bridgehead atoms. The third-order valence-electron chi connectivity index (χ3n) is 3.94. The molecular weight excluding hydrogens is 398 g/mol. The largest absolute Gasteiger partial charge is 0.493 e. The van der Waals surface area contributed by atoms with Gasteiger partial charge in [0.05, 0.1) is 12.8 Å². The summed E-state index contributed by atoms with van der Waals surface area (Å²) in [5.41, 5.74) is 2.46. The zero-order valence-electron chi connectivity index (χ0n) is 15.3. The summed E-state index contributed by atoms with van der Waals surface area (Å²) < 4.78 is 35.4. The first-order chi connectivity index (χ1) is 13.4. The van der Waals surface area contributed by atoms with E-state index in [0.29, 0.717) is 5.02 Å². The summed E-state index contributed by atoms with van der Waals surface area (Å²) in [6.45, 7) is 1.94. The molecule has 0 aromatic heterocycles. The first kappa shape index (κ1) is 19.9. The maximum atomic E-state index is 12.4. The fourth-order valence-corrected chi connectivity index (χ4v) is 3.58. The quantitative estimate of drug-likeness (QED) is 0.411. The Morgan fingerprint density at radius 2 is 1.71 bits per heavy atom. The highest BCUT2D eigenvalue weighted by Crippen LogP contribution is 2.31. The van der Waals surface area contributed by atoms with Crippen LogP contribution in [0.25, 0.3) is 0 Å². The second kappa shape index (κ2) is 8.46. The van der Waals surface area contributed by atoms with E-state index in [2.05, 4.69) is 4.99 Å². The number of methoxy groups -OCH3 is 1. The minimum Gasteiger partial charge on any atom is -0.493 e. The Morgan fingerprint density at radius 3 is 2.43 bits per heavy atom. The zero-order valence-corrected chi connectivity index (χ0v) is 16.9. The first-order valence-electron chi connectivity index (χ1n) is 8.37. The average Bonchev–Trinajstić information content (AvgIpc) is 2.70. The van der Waals surface area contributed by atoms with Gasteiger partial charge < -0.3 is 8.92 Å². The Hall–Kier alpha value is -2.83. The van der Waals surface area contributed by atoms with Gasteiger partial charge in [-0.25, -0.2) is 0 Å². The molecule has 3 aromatic rings. The van der Waals surface area contributed by atoms with E-state index in [4.69, 9.17) is 20.5 Å². The molecule has 0 N–H and O–H groups in total. The molecule has 0 saturated heterocycles. The van der Waals surface area contributed by atoms with Crippen LogP contribution in [0.1, 0.15) is 11.1 Å². The van der Waals surface area contributed by atoms with Crippen LogP contribution in [0.3, 0.4) is 0 Å². The summed E-state index contributed by atoms with van der Waals surface area (Å²) in [5, 5.41) is 0.602. The van der Waals surface area contributed by atoms with Crippen LogP contribution in [-0.4, -0.2) is 21.7 Å². The number of hydrogen-bond acceptors (Lipinski definition) is 5. The molecule has 0 spiro atoms. The summed E-state index contributed by atoms with van der Waals surface area (Å²) in [5.74, 6) is 0.383. The molecule has 3 aromatic carbocycles. The van der Waals surface area contributed by atoms with E-state index in [1.54, 1.807) is 48.7 Å². The Balaban J connectivity index is 1.86. The highest BCUT2D eigenvalue weighted by Gasteiger charge is 2.18. The van der Waals surface area contributed by atoms with E-state index in [1.165, 1.54) is 25.3 Å². The predicted octanol–water partition coefficient (Wildman–Crippen LogP) is 5.18. The van der Waals surface area contributed by atoms with E-state index in [1.807, 2.05) is 13.0 Å². The molecule has 0 aliphatic heterocycles. The van der Waals surface area contributed by atoms with Crippen LogP contribution in [0.4, 0.5) is 5.69 Å². The van der Waals surface area contributed by atoms with Gasteiger partial charge in [0.25, 0.3) is 0 Å². The minimum absolute atomic E-state index is 0.0686. The molecule has 7 heteroatoms. The van der Waals surface area contributed by atoms with Gasteiger partial charge in [-0.1, -0.05) is 35.9 Å². The number of benzene rings is 3. The normalized spacial score (nSPS) is 11.5. The summed E-state index contributed by atoms with van der Waals surface area (Å²) >= 11 is 6.01. The van der Waals surface area contributed by atoms with Gasteiger partial charge in [0.2, 0.25) is 0 Å². The lowest BCUT2D eigenvalue weighted by Gasteiger charge is -2.11. The van der Waals surface area contributed by atoms with Gasteiger partial charge in [-0.3, -0.25) is 4.99 Å². The number of nitrogens with zero attached hydrogens (tertiary/aromatic N) is 1. The highest BCUT2D eigenvalue weighted by atomic mass is 35.5. The summed E-state index contributed by atoms with van der Waals surface area (Å²) in [6.07, 6.45) is 1.65. The zero-order chi connectivity index (χ0) is 20.1. The molecule has 0 saturated carbocycles. The summed E-state index contributed by atoms with van der Waals surface area (Å²) in [6, 6.07) is 18.3. The number of aliphatic imine (C=N–C) groups is 1. The molecule has 0 atom stereocenters. The average molecular weight is 416 g/mol. The third-order valence-corrected chi connectivity index (χ3v) is 5.43. The molecule has 0 radical (unpaired) electrons. The van der Waals surface area contributed by atoms with Gasteiger partial charge in [0, 0.05) is 11.2 Å². The molecule has 5 nitrogen and oxygen atoms in total. The molecule has 0 fully saturated rings. The standard InChI is InChI=1S/C21H18ClNO4S/c1-15-8-10-17(22)13-19(15)23-14-16-9-11-20(21(12-16)26-2)27-28(24,25)18-6-4-3-5-7-18/h3-14H,1-2H3. The van der Waals surface area contributed by atoms with Crippen LogP contribution in [0.5, 0.6) is 11.5 Å². The van der Waals surface area contributed by atoms with E-state index < -0.39 is 10.1 Å². The van der Waals surface area contributed by atoms with Crippen LogP contribution in [0, 0.1) is 6.92 Å². The number of halogens is 1. The van der Waals surface area contributed by atoms with Crippen LogP contribution in [0.2, 0.25) is 5.02 Å². The van der Waals surface area contributed by atoms with Gasteiger partial charge >= 0.3 is 10.1 Å². The lowest BCUT2D eigenvalue weighted by molar-refractivity contribution is 0.390. The maximum Gasteiger partial charge on any atom is 0.339 e. The van der Waals surface area contributed by atoms with Gasteiger partial charge in [-0.05, 0) is 60.5 Å². The van der Waals surface area contributed by atoms with Crippen molar-refractivity contribution in [1.29, 1.82) is 0 Å². The molecule has 144 valence electrons. The molecule has 3 rings (SSSR count). The Kier molecular flexibility index (Phi) is 6.02. The minimum atomic E-state index is -3.95. The fourth-order valence-electron chi connectivity index (χ4n) is 2.45. The molecule has 28 heavy (non-hydrogen) atoms. The first-order valence-corrected chi connectivity index (χ1v) is 10.2. The van der Waals surface area contributed by atoms with Crippen molar-refractivity contribution in [2.45, 2.75) is 11.8 Å². The monoisotopic (exact) mass is 415 g/mol. The molecule has 0 heterocycles. The lowest BCUT2D eigenvalue weighted by atomic mass is 10.2. The molecule has 0 aliphatic rings. The van der Waals surface area contributed by atoms with Gasteiger partial charge in [0.15, 0.2) is 11.5 Å². The van der Waals surface area contributed by atoms with Gasteiger partial charge in [-0.2, -0.15) is 8.42 Å². The number of ether oxygens (including phenoxy) is 1. The van der Waals surface area contributed by atoms with Crippen molar-refractivity contribution in [3.63, 3.8) is 0 Å². The van der Waals surface area contributed by atoms with E-state index in [-0.39, 0.29) is 16.4 Å². The smallest absolute Gasteiger partial charge is 0.339 e. The number of hydrogen-bond donors (Lipinski definition) is 0. The third kappa shape index (κ3) is 4.71. The van der Waals surface area contributed by atoms with Gasteiger partial charge in [-0.15, -0.1) is 0 Å². The lowest BCUT2D eigenvalue weighted by Crippen LogP contribution is -2.10. The van der Waals surface area contributed by atoms with Crippen molar-refractivity contribution in [2.24, 2.45) is 4.99 Å². The number of rotatable bonds is 6.